The zero-order valence-electron chi connectivity index (χ0n) is 9.18. The third-order valence-electron chi connectivity index (χ3n) is 3.45. The Morgan fingerprint density at radius 2 is 2.13 bits per heavy atom. The van der Waals surface area contributed by atoms with E-state index in [2.05, 4.69) is 12.3 Å². The molecule has 0 spiro atoms. The quantitative estimate of drug-likeness (QED) is 0.591. The van der Waals surface area contributed by atoms with E-state index in [9.17, 15) is 4.39 Å². The molecule has 1 aliphatic carbocycles. The molecule has 2 nitrogen and oxygen atoms in total. The lowest BCUT2D eigenvalue weighted by atomic mass is 9.89. The van der Waals surface area contributed by atoms with E-state index in [1.165, 1.54) is 6.07 Å². The summed E-state index contributed by atoms with van der Waals surface area (Å²) in [5.74, 6) is 5.38. The van der Waals surface area contributed by atoms with Gasteiger partial charge in [0, 0.05) is 0 Å². The summed E-state index contributed by atoms with van der Waals surface area (Å²) in [4.78, 5) is 0. The first-order chi connectivity index (χ1) is 7.07. The Morgan fingerprint density at radius 3 is 2.67 bits per heavy atom. The van der Waals surface area contributed by atoms with Crippen molar-refractivity contribution in [3.8, 4) is 0 Å². The highest BCUT2D eigenvalue weighted by molar-refractivity contribution is 5.32. The van der Waals surface area contributed by atoms with Crippen molar-refractivity contribution in [1.29, 1.82) is 0 Å². The van der Waals surface area contributed by atoms with E-state index in [-0.39, 0.29) is 17.3 Å². The molecule has 0 saturated heterocycles. The molecule has 2 rings (SSSR count). The number of hydrogen-bond acceptors (Lipinski definition) is 2. The van der Waals surface area contributed by atoms with E-state index in [1.807, 2.05) is 6.92 Å². The molecule has 3 N–H and O–H groups in total. The predicted molar refractivity (Wildman–Crippen MR) is 58.5 cm³/mol. The van der Waals surface area contributed by atoms with Crippen LogP contribution in [0, 0.1) is 18.2 Å². The molecule has 0 amide bonds. The summed E-state index contributed by atoms with van der Waals surface area (Å²) in [6.07, 6.45) is 2.30. The van der Waals surface area contributed by atoms with Gasteiger partial charge in [-0.1, -0.05) is 13.0 Å². The standard InChI is InChI=1S/C12H17FN2/c1-8-3-4-9(13)7-10(8)11(15-14)12(2)5-6-12/h3-4,7,11,15H,5-6,14H2,1-2H3. The topological polar surface area (TPSA) is 38.0 Å². The van der Waals surface area contributed by atoms with Crippen molar-refractivity contribution in [2.45, 2.75) is 32.7 Å². The fraction of sp³-hybridized carbons (Fsp3) is 0.500. The first-order valence-electron chi connectivity index (χ1n) is 5.29. The minimum absolute atomic E-state index is 0.0631. The monoisotopic (exact) mass is 208 g/mol. The van der Waals surface area contributed by atoms with Gasteiger partial charge in [0.2, 0.25) is 0 Å². The highest BCUT2D eigenvalue weighted by atomic mass is 19.1. The van der Waals surface area contributed by atoms with Crippen LogP contribution in [-0.4, -0.2) is 0 Å². The summed E-state index contributed by atoms with van der Waals surface area (Å²) in [7, 11) is 0. The van der Waals surface area contributed by atoms with Crippen LogP contribution in [0.3, 0.4) is 0 Å². The molecule has 1 saturated carbocycles. The van der Waals surface area contributed by atoms with Crippen molar-refractivity contribution in [2.24, 2.45) is 11.3 Å². The van der Waals surface area contributed by atoms with Crippen molar-refractivity contribution < 1.29 is 4.39 Å². The first-order valence-corrected chi connectivity index (χ1v) is 5.29. The Labute approximate surface area is 89.6 Å². The second-order valence-corrected chi connectivity index (χ2v) is 4.75. The first kappa shape index (κ1) is 10.6. The van der Waals surface area contributed by atoms with E-state index in [0.717, 1.165) is 24.0 Å². The number of nitrogens with one attached hydrogen (secondary N) is 1. The SMILES string of the molecule is Cc1ccc(F)cc1C(NN)C1(C)CC1. The Morgan fingerprint density at radius 1 is 1.47 bits per heavy atom. The van der Waals surface area contributed by atoms with Gasteiger partial charge in [0.05, 0.1) is 6.04 Å². The molecule has 0 radical (unpaired) electrons. The number of aryl methyl sites for hydroxylation is 1. The fourth-order valence-electron chi connectivity index (χ4n) is 2.07. The van der Waals surface area contributed by atoms with Crippen molar-refractivity contribution in [3.63, 3.8) is 0 Å². The normalized spacial score (nSPS) is 20.0. The van der Waals surface area contributed by atoms with E-state index in [0.29, 0.717) is 0 Å². The molecule has 1 fully saturated rings. The van der Waals surface area contributed by atoms with Crippen LogP contribution >= 0.6 is 0 Å². The zero-order valence-corrected chi connectivity index (χ0v) is 9.18. The number of rotatable bonds is 3. The van der Waals surface area contributed by atoms with Crippen LogP contribution in [-0.2, 0) is 0 Å². The van der Waals surface area contributed by atoms with Gasteiger partial charge in [-0.25, -0.2) is 4.39 Å². The molecule has 3 heteroatoms. The van der Waals surface area contributed by atoms with Gasteiger partial charge in [-0.2, -0.15) is 0 Å². The maximum Gasteiger partial charge on any atom is 0.123 e. The van der Waals surface area contributed by atoms with Crippen LogP contribution in [0.1, 0.15) is 36.9 Å². The van der Waals surface area contributed by atoms with Gasteiger partial charge in [0.15, 0.2) is 0 Å². The Hall–Kier alpha value is -0.930. The summed E-state index contributed by atoms with van der Waals surface area (Å²) in [5, 5.41) is 0. The number of nitrogens with two attached hydrogens (primary N) is 1. The van der Waals surface area contributed by atoms with Crippen LogP contribution in [0.4, 0.5) is 4.39 Å². The molecule has 1 unspecified atom stereocenters. The van der Waals surface area contributed by atoms with Crippen LogP contribution in [0.15, 0.2) is 18.2 Å². The van der Waals surface area contributed by atoms with Crippen LogP contribution in [0.25, 0.3) is 0 Å². The van der Waals surface area contributed by atoms with Gasteiger partial charge < -0.3 is 0 Å². The van der Waals surface area contributed by atoms with E-state index in [4.69, 9.17) is 5.84 Å². The minimum Gasteiger partial charge on any atom is -0.271 e. The molecule has 0 aromatic heterocycles. The Balaban J connectivity index is 2.37. The number of hydrazine groups is 1. The molecule has 0 heterocycles. The second-order valence-electron chi connectivity index (χ2n) is 4.75. The maximum atomic E-state index is 13.2. The van der Waals surface area contributed by atoms with Gasteiger partial charge in [0.25, 0.3) is 0 Å². The van der Waals surface area contributed by atoms with Gasteiger partial charge in [-0.3, -0.25) is 11.3 Å². The van der Waals surface area contributed by atoms with Crippen molar-refractivity contribution in [2.75, 3.05) is 0 Å². The number of benzene rings is 1. The van der Waals surface area contributed by atoms with E-state index < -0.39 is 0 Å². The van der Waals surface area contributed by atoms with Crippen LogP contribution in [0.5, 0.6) is 0 Å². The lowest BCUT2D eigenvalue weighted by Gasteiger charge is -2.24. The molecule has 82 valence electrons. The maximum absolute atomic E-state index is 13.2. The average Bonchev–Trinajstić information content (AvgIpc) is 2.92. The predicted octanol–water partition coefficient (Wildman–Crippen LogP) is 2.44. The molecule has 1 aromatic rings. The van der Waals surface area contributed by atoms with E-state index >= 15 is 0 Å². The Kier molecular flexibility index (Phi) is 2.52. The molecule has 1 aromatic carbocycles. The lowest BCUT2D eigenvalue weighted by molar-refractivity contribution is 0.370. The van der Waals surface area contributed by atoms with Gasteiger partial charge >= 0.3 is 0 Å². The molecule has 1 aliphatic rings. The number of halogens is 1. The zero-order chi connectivity index (χ0) is 11.1. The van der Waals surface area contributed by atoms with E-state index in [1.54, 1.807) is 12.1 Å². The number of hydrogen-bond donors (Lipinski definition) is 2. The molecular weight excluding hydrogens is 191 g/mol. The second kappa shape index (κ2) is 3.58. The summed E-state index contributed by atoms with van der Waals surface area (Å²) in [5.41, 5.74) is 5.10. The lowest BCUT2D eigenvalue weighted by Crippen LogP contribution is -2.34. The Bertz CT molecular complexity index is 372. The fourth-order valence-corrected chi connectivity index (χ4v) is 2.07. The molecule has 15 heavy (non-hydrogen) atoms. The molecule has 0 aliphatic heterocycles. The molecular formula is C12H17FN2. The van der Waals surface area contributed by atoms with Crippen molar-refractivity contribution in [1.82, 2.24) is 5.43 Å². The smallest absolute Gasteiger partial charge is 0.123 e. The third kappa shape index (κ3) is 1.90. The summed E-state index contributed by atoms with van der Waals surface area (Å²) < 4.78 is 13.2. The van der Waals surface area contributed by atoms with Crippen molar-refractivity contribution in [3.05, 3.63) is 35.1 Å². The van der Waals surface area contributed by atoms with Gasteiger partial charge in [-0.05, 0) is 48.4 Å². The molecule has 0 bridgehead atoms. The van der Waals surface area contributed by atoms with Crippen LogP contribution < -0.4 is 11.3 Å². The van der Waals surface area contributed by atoms with Crippen molar-refractivity contribution >= 4 is 0 Å². The minimum atomic E-state index is -0.194. The average molecular weight is 208 g/mol. The summed E-state index contributed by atoms with van der Waals surface area (Å²) in [6.45, 7) is 4.17. The van der Waals surface area contributed by atoms with Crippen LogP contribution in [0.2, 0.25) is 0 Å². The summed E-state index contributed by atoms with van der Waals surface area (Å²) in [6, 6.07) is 4.94. The van der Waals surface area contributed by atoms with Gasteiger partial charge in [0.1, 0.15) is 5.82 Å². The molecule has 1 atom stereocenters. The summed E-state index contributed by atoms with van der Waals surface area (Å²) >= 11 is 0. The highest BCUT2D eigenvalue weighted by Gasteiger charge is 2.45. The largest absolute Gasteiger partial charge is 0.271 e. The third-order valence-corrected chi connectivity index (χ3v) is 3.45. The highest BCUT2D eigenvalue weighted by Crippen LogP contribution is 2.54. The van der Waals surface area contributed by atoms with Gasteiger partial charge in [-0.15, -0.1) is 0 Å².